The van der Waals surface area contributed by atoms with Crippen LogP contribution in [0.5, 0.6) is 0 Å². The number of hydrogen-bond donors (Lipinski definition) is 0. The highest BCUT2D eigenvalue weighted by Gasteiger charge is 2.25. The van der Waals surface area contributed by atoms with Gasteiger partial charge in [-0.3, -0.25) is 9.59 Å². The number of likely N-dealkylation sites (N-methyl/N-ethyl adjacent to an activating group) is 1. The van der Waals surface area contributed by atoms with Crippen LogP contribution in [0.3, 0.4) is 0 Å². The van der Waals surface area contributed by atoms with Crippen LogP contribution >= 0.6 is 0 Å². The van der Waals surface area contributed by atoms with E-state index in [4.69, 9.17) is 14.2 Å². The van der Waals surface area contributed by atoms with Gasteiger partial charge in [0.2, 0.25) is 0 Å². The van der Waals surface area contributed by atoms with Crippen LogP contribution in [-0.4, -0.2) is 75.5 Å². The second-order valence-corrected chi connectivity index (χ2v) is 18.2. The van der Waals surface area contributed by atoms with Crippen molar-refractivity contribution in [1.82, 2.24) is 0 Å². The van der Waals surface area contributed by atoms with Gasteiger partial charge in [-0.05, 0) is 32.1 Å². The van der Waals surface area contributed by atoms with Crippen LogP contribution in [0.1, 0.15) is 213 Å². The molecule has 0 rings (SSSR count). The molecule has 0 aliphatic heterocycles. The predicted molar refractivity (Wildman–Crippen MR) is 259 cm³/mol. The Balaban J connectivity index is 4.24. The molecule has 8 nitrogen and oxygen atoms in total. The lowest BCUT2D eigenvalue weighted by molar-refractivity contribution is -0.889. The average molecular weight is 870 g/mol. The van der Waals surface area contributed by atoms with Gasteiger partial charge in [-0.2, -0.15) is 0 Å². The molecule has 62 heavy (non-hydrogen) atoms. The van der Waals surface area contributed by atoms with Gasteiger partial charge in [-0.15, -0.1) is 0 Å². The quantitative estimate of drug-likeness (QED) is 0.0260. The van der Waals surface area contributed by atoms with Crippen molar-refractivity contribution in [2.24, 2.45) is 0 Å². The molecule has 0 aliphatic rings. The Hall–Kier alpha value is -2.97. The molecule has 0 N–H and O–H groups in total. The molecule has 0 fully saturated rings. The van der Waals surface area contributed by atoms with Gasteiger partial charge in [0.15, 0.2) is 6.10 Å². The summed E-state index contributed by atoms with van der Waals surface area (Å²) in [6.45, 7) is 4.50. The van der Waals surface area contributed by atoms with E-state index < -0.39 is 18.1 Å². The van der Waals surface area contributed by atoms with Crippen LogP contribution < -0.4 is 5.11 Å². The second kappa shape index (κ2) is 44.6. The maximum Gasteiger partial charge on any atom is 0.306 e. The summed E-state index contributed by atoms with van der Waals surface area (Å²) in [4.78, 5) is 37.0. The minimum Gasteiger partial charge on any atom is -0.544 e. The van der Waals surface area contributed by atoms with Crippen LogP contribution in [0, 0.1) is 0 Å². The Bertz CT molecular complexity index is 1200. The summed E-state index contributed by atoms with van der Waals surface area (Å²) in [5.41, 5.74) is 0. The van der Waals surface area contributed by atoms with Crippen molar-refractivity contribution in [3.63, 3.8) is 0 Å². The van der Waals surface area contributed by atoms with Gasteiger partial charge < -0.3 is 28.6 Å². The molecule has 0 aromatic rings. The lowest BCUT2D eigenvalue weighted by atomic mass is 10.0. The summed E-state index contributed by atoms with van der Waals surface area (Å²) < 4.78 is 17.2. The molecular weight excluding hydrogens is 775 g/mol. The van der Waals surface area contributed by atoms with Gasteiger partial charge >= 0.3 is 11.9 Å². The number of allylic oxidation sites excluding steroid dienone is 10. The monoisotopic (exact) mass is 870 g/mol. The topological polar surface area (TPSA) is 102 Å². The SMILES string of the molecule is CC/C=C/C=C/C=C/C=C/C=C/CCCCCC(=O)OCC(COCCC(C(=O)[O-])[N+](C)(C)C)OC(=O)CCCCCCCCCCCCCCCCCCCCCCCCC. The smallest absolute Gasteiger partial charge is 0.306 e. The number of rotatable bonds is 45. The number of quaternary nitrogens is 1. The number of carbonyl (C=O) groups is 3. The molecule has 0 aromatic carbocycles. The maximum atomic E-state index is 12.8. The highest BCUT2D eigenvalue weighted by Crippen LogP contribution is 2.16. The van der Waals surface area contributed by atoms with Crippen molar-refractivity contribution in [2.75, 3.05) is 41.0 Å². The van der Waals surface area contributed by atoms with Crippen LogP contribution in [0.4, 0.5) is 0 Å². The molecule has 0 spiro atoms. The fourth-order valence-electron chi connectivity index (χ4n) is 7.39. The minimum atomic E-state index is -1.13. The summed E-state index contributed by atoms with van der Waals surface area (Å²) in [5, 5.41) is 11.7. The van der Waals surface area contributed by atoms with Gasteiger partial charge in [0.05, 0.1) is 40.3 Å². The summed E-state index contributed by atoms with van der Waals surface area (Å²) in [7, 11) is 5.40. The zero-order valence-corrected chi connectivity index (χ0v) is 40.8. The molecule has 358 valence electrons. The van der Waals surface area contributed by atoms with Crippen LogP contribution in [-0.2, 0) is 28.6 Å². The fourth-order valence-corrected chi connectivity index (χ4v) is 7.39. The number of hydrogen-bond acceptors (Lipinski definition) is 7. The first kappa shape index (κ1) is 59.0. The molecule has 0 amide bonds. The normalized spacial score (nSPS) is 13.4. The zero-order chi connectivity index (χ0) is 45.6. The zero-order valence-electron chi connectivity index (χ0n) is 40.8. The van der Waals surface area contributed by atoms with E-state index in [1.807, 2.05) is 48.6 Å². The average Bonchev–Trinajstić information content (AvgIpc) is 3.23. The Labute approximate surface area is 381 Å². The minimum absolute atomic E-state index is 0.0267. The summed E-state index contributed by atoms with van der Waals surface area (Å²) in [5.74, 6) is -1.78. The number of esters is 2. The number of ether oxygens (including phenoxy) is 3. The molecule has 0 bridgehead atoms. The van der Waals surface area contributed by atoms with Gasteiger partial charge in [-0.25, -0.2) is 0 Å². The van der Waals surface area contributed by atoms with E-state index in [1.165, 1.54) is 128 Å². The first-order valence-electron chi connectivity index (χ1n) is 25.4. The lowest BCUT2D eigenvalue weighted by Crippen LogP contribution is -2.55. The van der Waals surface area contributed by atoms with Crippen LogP contribution in [0.25, 0.3) is 0 Å². The number of carboxylic acids is 1. The van der Waals surface area contributed by atoms with Crippen LogP contribution in [0.2, 0.25) is 0 Å². The Morgan fingerprint density at radius 3 is 1.34 bits per heavy atom. The number of carboxylic acid groups (broad SMARTS) is 1. The molecule has 0 heterocycles. The molecule has 0 aliphatic carbocycles. The summed E-state index contributed by atoms with van der Waals surface area (Å²) >= 11 is 0. The van der Waals surface area contributed by atoms with E-state index in [1.54, 1.807) is 21.1 Å². The molecule has 0 radical (unpaired) electrons. The summed E-state index contributed by atoms with van der Waals surface area (Å²) in [6, 6.07) is -0.734. The lowest BCUT2D eigenvalue weighted by Gasteiger charge is -2.34. The van der Waals surface area contributed by atoms with Gasteiger partial charge in [0, 0.05) is 19.3 Å². The van der Waals surface area contributed by atoms with Crippen molar-refractivity contribution >= 4 is 17.9 Å². The second-order valence-electron chi connectivity index (χ2n) is 18.2. The number of aliphatic carboxylic acids is 1. The fraction of sp³-hybridized carbons (Fsp3) is 0.759. The van der Waals surface area contributed by atoms with Gasteiger partial charge in [0.1, 0.15) is 12.6 Å². The molecule has 8 heteroatoms. The van der Waals surface area contributed by atoms with Crippen molar-refractivity contribution in [3.8, 4) is 0 Å². The number of unbranched alkanes of at least 4 members (excludes halogenated alkanes) is 25. The molecule has 0 saturated heterocycles. The highest BCUT2D eigenvalue weighted by molar-refractivity contribution is 5.70. The van der Waals surface area contributed by atoms with Gasteiger partial charge in [-0.1, -0.05) is 222 Å². The summed E-state index contributed by atoms with van der Waals surface area (Å²) in [6.07, 6.45) is 55.5. The van der Waals surface area contributed by atoms with Crippen molar-refractivity contribution in [2.45, 2.75) is 225 Å². The molecule has 2 atom stereocenters. The van der Waals surface area contributed by atoms with Crippen molar-refractivity contribution in [3.05, 3.63) is 60.8 Å². The Kier molecular flexibility index (Phi) is 42.5. The maximum absolute atomic E-state index is 12.8. The molecule has 2 unspecified atom stereocenters. The highest BCUT2D eigenvalue weighted by atomic mass is 16.6. The Morgan fingerprint density at radius 2 is 0.903 bits per heavy atom. The van der Waals surface area contributed by atoms with Gasteiger partial charge in [0.25, 0.3) is 0 Å². The van der Waals surface area contributed by atoms with Crippen LogP contribution in [0.15, 0.2) is 60.8 Å². The third-order valence-electron chi connectivity index (χ3n) is 11.3. The third kappa shape index (κ3) is 42.3. The van der Waals surface area contributed by atoms with E-state index in [-0.39, 0.29) is 42.7 Å². The standard InChI is InChI=1S/C54H95NO7/c1-6-8-10-12-14-16-18-20-22-23-24-25-26-27-28-29-31-33-35-37-39-41-43-45-53(57)62-50(48-60-47-46-51(54(58)59)55(3,4)5)49-61-52(56)44-42-40-38-36-34-32-30-21-19-17-15-13-11-9-7-2/h9,11,13,15,17,19,21,30,32,34,50-51H,6-8,10,12,14,16,18,20,22-29,31,33,35-49H2,1-5H3/b11-9+,15-13+,19-17+,30-21+,34-32+. The van der Waals surface area contributed by atoms with E-state index >= 15 is 0 Å². The number of carbonyl (C=O) groups excluding carboxylic acids is 3. The molecular formula is C54H95NO7. The van der Waals surface area contributed by atoms with Crippen molar-refractivity contribution < 1.29 is 38.2 Å². The molecule has 0 saturated carbocycles. The molecule has 0 aromatic heterocycles. The largest absolute Gasteiger partial charge is 0.544 e. The van der Waals surface area contributed by atoms with E-state index in [2.05, 4.69) is 26.0 Å². The van der Waals surface area contributed by atoms with E-state index in [0.29, 0.717) is 12.8 Å². The van der Waals surface area contributed by atoms with E-state index in [0.717, 1.165) is 51.4 Å². The van der Waals surface area contributed by atoms with Crippen molar-refractivity contribution in [1.29, 1.82) is 0 Å². The predicted octanol–water partition coefficient (Wildman–Crippen LogP) is 13.2. The first-order valence-corrected chi connectivity index (χ1v) is 25.4. The third-order valence-corrected chi connectivity index (χ3v) is 11.3. The first-order chi connectivity index (χ1) is 30.1. The number of nitrogens with zero attached hydrogens (tertiary/aromatic N) is 1. The Morgan fingerprint density at radius 1 is 0.500 bits per heavy atom. The van der Waals surface area contributed by atoms with E-state index in [9.17, 15) is 19.5 Å².